The topological polar surface area (TPSA) is 104 Å². The van der Waals surface area contributed by atoms with Crippen molar-refractivity contribution in [2.75, 3.05) is 10.2 Å². The number of carbonyl (C=O) groups excluding carboxylic acids is 3. The van der Waals surface area contributed by atoms with Crippen LogP contribution in [0.4, 0.5) is 11.4 Å². The number of carbonyl (C=O) groups is 4. The molecule has 1 aromatic rings. The fourth-order valence-electron chi connectivity index (χ4n) is 2.02. The van der Waals surface area contributed by atoms with Gasteiger partial charge in [-0.25, -0.2) is 9.69 Å². The lowest BCUT2D eigenvalue weighted by Crippen LogP contribution is -2.30. The second-order valence-electron chi connectivity index (χ2n) is 4.34. The highest BCUT2D eigenvalue weighted by atomic mass is 16.4. The van der Waals surface area contributed by atoms with Gasteiger partial charge in [0.05, 0.1) is 11.3 Å². The number of benzene rings is 1. The predicted molar refractivity (Wildman–Crippen MR) is 69.4 cm³/mol. The predicted octanol–water partition coefficient (Wildman–Crippen LogP) is 0.997. The summed E-state index contributed by atoms with van der Waals surface area (Å²) in [5.74, 6) is -2.48. The van der Waals surface area contributed by atoms with Gasteiger partial charge in [-0.1, -0.05) is 0 Å². The molecule has 0 atom stereocenters. The van der Waals surface area contributed by atoms with Crippen molar-refractivity contribution in [2.45, 2.75) is 19.8 Å². The Balaban J connectivity index is 2.52. The zero-order valence-corrected chi connectivity index (χ0v) is 10.7. The summed E-state index contributed by atoms with van der Waals surface area (Å²) in [5.41, 5.74) is 0.143. The number of anilines is 2. The van der Waals surface area contributed by atoms with Crippen molar-refractivity contribution in [3.63, 3.8) is 0 Å². The number of imide groups is 1. The Bertz CT molecular complexity index is 607. The molecule has 0 aliphatic carbocycles. The van der Waals surface area contributed by atoms with Crippen molar-refractivity contribution in [3.05, 3.63) is 23.8 Å². The lowest BCUT2D eigenvalue weighted by Gasteiger charge is -2.17. The maximum Gasteiger partial charge on any atom is 0.337 e. The van der Waals surface area contributed by atoms with Crippen molar-refractivity contribution in [2.24, 2.45) is 0 Å². The molecule has 1 fully saturated rings. The second-order valence-corrected chi connectivity index (χ2v) is 4.34. The van der Waals surface area contributed by atoms with E-state index in [9.17, 15) is 19.2 Å². The van der Waals surface area contributed by atoms with E-state index in [2.05, 4.69) is 5.32 Å². The van der Waals surface area contributed by atoms with Gasteiger partial charge in [0.2, 0.25) is 17.7 Å². The van der Waals surface area contributed by atoms with E-state index in [-0.39, 0.29) is 30.0 Å². The molecule has 0 unspecified atom stereocenters. The first-order valence-electron chi connectivity index (χ1n) is 5.91. The van der Waals surface area contributed by atoms with Crippen LogP contribution < -0.4 is 10.2 Å². The lowest BCUT2D eigenvalue weighted by molar-refractivity contribution is -0.121. The molecule has 3 amide bonds. The average Bonchev–Trinajstić information content (AvgIpc) is 2.67. The standard InChI is InChI=1S/C13H12N2O5/c1-7(16)14-8-2-3-9(13(19)20)10(6-8)15-11(17)4-5-12(15)18/h2-3,6H,4-5H2,1H3,(H,14,16)(H,19,20). The Labute approximate surface area is 114 Å². The molecule has 7 nitrogen and oxygen atoms in total. The minimum atomic E-state index is -1.25. The highest BCUT2D eigenvalue weighted by molar-refractivity contribution is 6.22. The monoisotopic (exact) mass is 276 g/mol. The van der Waals surface area contributed by atoms with E-state index in [0.29, 0.717) is 5.69 Å². The van der Waals surface area contributed by atoms with Crippen molar-refractivity contribution in [1.82, 2.24) is 0 Å². The third-order valence-corrected chi connectivity index (χ3v) is 2.84. The van der Waals surface area contributed by atoms with Gasteiger partial charge in [0.1, 0.15) is 0 Å². The van der Waals surface area contributed by atoms with Gasteiger partial charge in [-0.2, -0.15) is 0 Å². The van der Waals surface area contributed by atoms with Crippen LogP contribution in [0.1, 0.15) is 30.1 Å². The highest BCUT2D eigenvalue weighted by Crippen LogP contribution is 2.29. The number of aromatic carboxylic acids is 1. The SMILES string of the molecule is CC(=O)Nc1ccc(C(=O)O)c(N2C(=O)CCC2=O)c1. The summed E-state index contributed by atoms with van der Waals surface area (Å²) in [6.07, 6.45) is 0.116. The number of amides is 3. The van der Waals surface area contributed by atoms with E-state index >= 15 is 0 Å². The van der Waals surface area contributed by atoms with Crippen LogP contribution in [0.5, 0.6) is 0 Å². The maximum absolute atomic E-state index is 11.7. The number of nitrogens with zero attached hydrogens (tertiary/aromatic N) is 1. The molecule has 0 aromatic heterocycles. The number of rotatable bonds is 3. The molecule has 1 heterocycles. The molecule has 2 N–H and O–H groups in total. The van der Waals surface area contributed by atoms with Crippen molar-refractivity contribution in [1.29, 1.82) is 0 Å². The van der Waals surface area contributed by atoms with Gasteiger partial charge in [0, 0.05) is 25.5 Å². The van der Waals surface area contributed by atoms with Gasteiger partial charge in [-0.05, 0) is 18.2 Å². The van der Waals surface area contributed by atoms with Crippen LogP contribution in [0.3, 0.4) is 0 Å². The summed E-state index contributed by atoms with van der Waals surface area (Å²) in [6.45, 7) is 1.30. The quantitative estimate of drug-likeness (QED) is 0.801. The van der Waals surface area contributed by atoms with Crippen molar-refractivity contribution in [3.8, 4) is 0 Å². The van der Waals surface area contributed by atoms with Gasteiger partial charge in [0.15, 0.2) is 0 Å². The fourth-order valence-corrected chi connectivity index (χ4v) is 2.02. The van der Waals surface area contributed by atoms with E-state index in [1.807, 2.05) is 0 Å². The second kappa shape index (κ2) is 5.12. The molecule has 0 bridgehead atoms. The first kappa shape index (κ1) is 13.7. The molecular formula is C13H12N2O5. The molecule has 1 aromatic carbocycles. The molecule has 7 heteroatoms. The smallest absolute Gasteiger partial charge is 0.337 e. The Morgan fingerprint density at radius 1 is 1.20 bits per heavy atom. The zero-order chi connectivity index (χ0) is 14.9. The van der Waals surface area contributed by atoms with Crippen LogP contribution in [0.2, 0.25) is 0 Å². The van der Waals surface area contributed by atoms with Gasteiger partial charge >= 0.3 is 5.97 Å². The zero-order valence-electron chi connectivity index (χ0n) is 10.7. The van der Waals surface area contributed by atoms with Crippen LogP contribution in [-0.4, -0.2) is 28.8 Å². The highest BCUT2D eigenvalue weighted by Gasteiger charge is 2.33. The molecule has 0 radical (unpaired) electrons. The van der Waals surface area contributed by atoms with Crippen LogP contribution >= 0.6 is 0 Å². The summed E-state index contributed by atoms with van der Waals surface area (Å²) in [5, 5.41) is 11.6. The Morgan fingerprint density at radius 2 is 1.80 bits per heavy atom. The summed E-state index contributed by atoms with van der Waals surface area (Å²) in [4.78, 5) is 46.5. The number of carboxylic acid groups (broad SMARTS) is 1. The molecule has 0 spiro atoms. The fraction of sp³-hybridized carbons (Fsp3) is 0.231. The largest absolute Gasteiger partial charge is 0.478 e. The maximum atomic E-state index is 11.7. The normalized spacial score (nSPS) is 14.6. The van der Waals surface area contributed by atoms with E-state index < -0.39 is 17.8 Å². The van der Waals surface area contributed by atoms with E-state index in [0.717, 1.165) is 4.90 Å². The molecule has 0 saturated carbocycles. The number of nitrogens with one attached hydrogen (secondary N) is 1. The number of hydrogen-bond donors (Lipinski definition) is 2. The third kappa shape index (κ3) is 2.51. The average molecular weight is 276 g/mol. The summed E-state index contributed by atoms with van der Waals surface area (Å²) >= 11 is 0. The molecule has 1 aliphatic rings. The van der Waals surface area contributed by atoms with E-state index in [1.165, 1.54) is 25.1 Å². The van der Waals surface area contributed by atoms with Crippen LogP contribution in [0, 0.1) is 0 Å². The molecule has 1 aliphatic heterocycles. The van der Waals surface area contributed by atoms with Crippen LogP contribution in [0.15, 0.2) is 18.2 Å². The number of carboxylic acids is 1. The Kier molecular flexibility index (Phi) is 3.51. The van der Waals surface area contributed by atoms with E-state index in [1.54, 1.807) is 0 Å². The molecule has 104 valence electrons. The summed E-state index contributed by atoms with van der Waals surface area (Å²) < 4.78 is 0. The molecule has 2 rings (SSSR count). The first-order valence-corrected chi connectivity index (χ1v) is 5.91. The van der Waals surface area contributed by atoms with Crippen LogP contribution in [0.25, 0.3) is 0 Å². The van der Waals surface area contributed by atoms with E-state index in [4.69, 9.17) is 5.11 Å². The first-order chi connectivity index (χ1) is 9.40. The van der Waals surface area contributed by atoms with Crippen LogP contribution in [-0.2, 0) is 14.4 Å². The minimum Gasteiger partial charge on any atom is -0.478 e. The van der Waals surface area contributed by atoms with Gasteiger partial charge in [-0.15, -0.1) is 0 Å². The molecular weight excluding hydrogens is 264 g/mol. The van der Waals surface area contributed by atoms with Crippen molar-refractivity contribution < 1.29 is 24.3 Å². The molecule has 20 heavy (non-hydrogen) atoms. The van der Waals surface area contributed by atoms with Crippen molar-refractivity contribution >= 4 is 35.1 Å². The third-order valence-electron chi connectivity index (χ3n) is 2.84. The Morgan fingerprint density at radius 3 is 2.30 bits per heavy atom. The van der Waals surface area contributed by atoms with Gasteiger partial charge < -0.3 is 10.4 Å². The van der Waals surface area contributed by atoms with Gasteiger partial charge in [0.25, 0.3) is 0 Å². The Hall–Kier alpha value is -2.70. The summed E-state index contributed by atoms with van der Waals surface area (Å²) in [7, 11) is 0. The number of hydrogen-bond acceptors (Lipinski definition) is 4. The van der Waals surface area contributed by atoms with Gasteiger partial charge in [-0.3, -0.25) is 14.4 Å². The summed E-state index contributed by atoms with van der Waals surface area (Å²) in [6, 6.07) is 3.97. The minimum absolute atomic E-state index is 0.0174. The lowest BCUT2D eigenvalue weighted by atomic mass is 10.1. The molecule has 1 saturated heterocycles.